The van der Waals surface area contributed by atoms with Gasteiger partial charge in [-0.05, 0) is 13.0 Å². The van der Waals surface area contributed by atoms with Crippen LogP contribution in [0.1, 0.15) is 6.92 Å². The monoisotopic (exact) mass is 208 g/mol. The highest BCUT2D eigenvalue weighted by molar-refractivity contribution is 5.75. The van der Waals surface area contributed by atoms with Crippen LogP contribution in [-0.4, -0.2) is 34.2 Å². The molecule has 0 fully saturated rings. The summed E-state index contributed by atoms with van der Waals surface area (Å²) in [5.41, 5.74) is 6.39. The average molecular weight is 208 g/mol. The van der Waals surface area contributed by atoms with Gasteiger partial charge in [-0.1, -0.05) is 12.2 Å². The van der Waals surface area contributed by atoms with E-state index >= 15 is 0 Å². The number of hydrogen-bond donors (Lipinski definition) is 1. The molecule has 0 spiro atoms. The lowest BCUT2D eigenvalue weighted by Crippen LogP contribution is -2.31. The van der Waals surface area contributed by atoms with Crippen molar-refractivity contribution in [2.24, 2.45) is 0 Å². The summed E-state index contributed by atoms with van der Waals surface area (Å²) in [4.78, 5) is 13.3. The van der Waals surface area contributed by atoms with Gasteiger partial charge in [0, 0.05) is 19.8 Å². The fourth-order valence-corrected chi connectivity index (χ4v) is 1.22. The Hall–Kier alpha value is -1.78. The van der Waals surface area contributed by atoms with E-state index in [1.165, 1.54) is 4.68 Å². The van der Waals surface area contributed by atoms with Gasteiger partial charge < -0.3 is 10.6 Å². The molecule has 82 valence electrons. The minimum Gasteiger partial charge on any atom is -0.382 e. The Bertz CT molecular complexity index is 369. The molecule has 0 bridgehead atoms. The second-order valence-corrected chi connectivity index (χ2v) is 3.65. The quantitative estimate of drug-likeness (QED) is 0.733. The van der Waals surface area contributed by atoms with E-state index in [9.17, 15) is 4.79 Å². The van der Waals surface area contributed by atoms with Crippen LogP contribution in [0.25, 0.3) is 0 Å². The van der Waals surface area contributed by atoms with Gasteiger partial charge in [0.05, 0.1) is 0 Å². The number of likely N-dealkylation sites (N-methyl/N-ethyl adjacent to an activating group) is 1. The van der Waals surface area contributed by atoms with Crippen molar-refractivity contribution in [2.75, 3.05) is 19.3 Å². The highest BCUT2D eigenvalue weighted by Crippen LogP contribution is 1.98. The number of nitrogens with zero attached hydrogens (tertiary/aromatic N) is 3. The van der Waals surface area contributed by atoms with Crippen LogP contribution in [0.2, 0.25) is 0 Å². The van der Waals surface area contributed by atoms with Gasteiger partial charge >= 0.3 is 0 Å². The van der Waals surface area contributed by atoms with Crippen LogP contribution in [0.15, 0.2) is 24.4 Å². The molecule has 0 saturated carbocycles. The predicted molar refractivity (Wildman–Crippen MR) is 59.1 cm³/mol. The second kappa shape index (κ2) is 4.63. The SMILES string of the molecule is C=C(C)CN(C)C(=O)Cn1ccc(N)n1. The maximum absolute atomic E-state index is 11.6. The molecule has 0 aliphatic rings. The van der Waals surface area contributed by atoms with Gasteiger partial charge in [0.15, 0.2) is 0 Å². The Balaban J connectivity index is 2.52. The number of anilines is 1. The Labute approximate surface area is 89.2 Å². The molecule has 0 saturated heterocycles. The zero-order valence-electron chi connectivity index (χ0n) is 9.10. The molecule has 15 heavy (non-hydrogen) atoms. The first-order valence-corrected chi connectivity index (χ1v) is 4.66. The lowest BCUT2D eigenvalue weighted by atomic mass is 10.3. The number of rotatable bonds is 4. The summed E-state index contributed by atoms with van der Waals surface area (Å²) < 4.78 is 1.52. The number of carbonyl (C=O) groups is 1. The molecule has 0 aliphatic heterocycles. The summed E-state index contributed by atoms with van der Waals surface area (Å²) in [5, 5.41) is 3.94. The minimum atomic E-state index is -0.0129. The van der Waals surface area contributed by atoms with Crippen LogP contribution in [0.5, 0.6) is 0 Å². The summed E-state index contributed by atoms with van der Waals surface area (Å²) in [6.07, 6.45) is 1.68. The van der Waals surface area contributed by atoms with Crippen molar-refractivity contribution >= 4 is 11.7 Å². The van der Waals surface area contributed by atoms with Crippen molar-refractivity contribution in [1.82, 2.24) is 14.7 Å². The number of carbonyl (C=O) groups excluding carboxylic acids is 1. The van der Waals surface area contributed by atoms with Crippen LogP contribution in [-0.2, 0) is 11.3 Å². The zero-order valence-corrected chi connectivity index (χ0v) is 9.10. The van der Waals surface area contributed by atoms with E-state index in [1.54, 1.807) is 24.2 Å². The predicted octanol–water partition coefficient (Wildman–Crippen LogP) is 0.500. The molecular weight excluding hydrogens is 192 g/mol. The standard InChI is InChI=1S/C10H16N4O/c1-8(2)6-13(3)10(15)7-14-5-4-9(11)12-14/h4-5H,1,6-7H2,2-3H3,(H2,11,12). The fraction of sp³-hybridized carbons (Fsp3) is 0.400. The highest BCUT2D eigenvalue weighted by atomic mass is 16.2. The van der Waals surface area contributed by atoms with Gasteiger partial charge in [-0.2, -0.15) is 5.10 Å². The Morgan fingerprint density at radius 2 is 2.40 bits per heavy atom. The lowest BCUT2D eigenvalue weighted by Gasteiger charge is -2.16. The third kappa shape index (κ3) is 3.46. The maximum Gasteiger partial charge on any atom is 0.244 e. The number of amides is 1. The van der Waals surface area contributed by atoms with E-state index in [-0.39, 0.29) is 12.5 Å². The molecular formula is C10H16N4O. The van der Waals surface area contributed by atoms with Crippen molar-refractivity contribution in [3.8, 4) is 0 Å². The summed E-state index contributed by atoms with van der Waals surface area (Å²) in [5.74, 6) is 0.409. The first kappa shape index (κ1) is 11.3. The molecule has 0 aliphatic carbocycles. The van der Waals surface area contributed by atoms with Gasteiger partial charge in [0.2, 0.25) is 5.91 Å². The summed E-state index contributed by atoms with van der Waals surface area (Å²) >= 11 is 0. The Kier molecular flexibility index (Phi) is 3.49. The largest absolute Gasteiger partial charge is 0.382 e. The van der Waals surface area contributed by atoms with E-state index in [2.05, 4.69) is 11.7 Å². The van der Waals surface area contributed by atoms with E-state index in [4.69, 9.17) is 5.73 Å². The maximum atomic E-state index is 11.6. The fourth-order valence-electron chi connectivity index (χ4n) is 1.22. The lowest BCUT2D eigenvalue weighted by molar-refractivity contribution is -0.130. The van der Waals surface area contributed by atoms with Crippen molar-refractivity contribution in [3.63, 3.8) is 0 Å². The molecule has 0 atom stereocenters. The topological polar surface area (TPSA) is 64.2 Å². The van der Waals surface area contributed by atoms with Crippen molar-refractivity contribution < 1.29 is 4.79 Å². The van der Waals surface area contributed by atoms with Crippen LogP contribution in [0.4, 0.5) is 5.82 Å². The van der Waals surface area contributed by atoms with Crippen LogP contribution in [0, 0.1) is 0 Å². The first-order chi connectivity index (χ1) is 6.99. The van der Waals surface area contributed by atoms with Crippen molar-refractivity contribution in [3.05, 3.63) is 24.4 Å². The van der Waals surface area contributed by atoms with Crippen molar-refractivity contribution in [2.45, 2.75) is 13.5 Å². The van der Waals surface area contributed by atoms with Crippen LogP contribution >= 0.6 is 0 Å². The van der Waals surface area contributed by atoms with E-state index in [1.807, 2.05) is 6.92 Å². The molecule has 1 rings (SSSR count). The number of aromatic nitrogens is 2. The Morgan fingerprint density at radius 1 is 1.73 bits per heavy atom. The van der Waals surface area contributed by atoms with E-state index < -0.39 is 0 Å². The molecule has 1 aromatic rings. The van der Waals surface area contributed by atoms with E-state index in [0.717, 1.165) is 5.57 Å². The van der Waals surface area contributed by atoms with Gasteiger partial charge in [-0.25, -0.2) is 0 Å². The molecule has 1 heterocycles. The zero-order chi connectivity index (χ0) is 11.4. The highest BCUT2D eigenvalue weighted by Gasteiger charge is 2.09. The van der Waals surface area contributed by atoms with Gasteiger partial charge in [0.25, 0.3) is 0 Å². The summed E-state index contributed by atoms with van der Waals surface area (Å²) in [6.45, 7) is 6.41. The van der Waals surface area contributed by atoms with Crippen LogP contribution in [0.3, 0.4) is 0 Å². The van der Waals surface area contributed by atoms with Gasteiger partial charge in [0.1, 0.15) is 12.4 Å². The third-order valence-corrected chi connectivity index (χ3v) is 1.89. The minimum absolute atomic E-state index is 0.0129. The summed E-state index contributed by atoms with van der Waals surface area (Å²) in [6, 6.07) is 1.66. The number of nitrogen functional groups attached to an aromatic ring is 1. The van der Waals surface area contributed by atoms with Gasteiger partial charge in [-0.3, -0.25) is 9.48 Å². The molecule has 2 N–H and O–H groups in total. The van der Waals surface area contributed by atoms with E-state index in [0.29, 0.717) is 12.4 Å². The molecule has 5 heteroatoms. The molecule has 1 aromatic heterocycles. The molecule has 1 amide bonds. The number of hydrogen-bond acceptors (Lipinski definition) is 3. The Morgan fingerprint density at radius 3 is 2.87 bits per heavy atom. The second-order valence-electron chi connectivity index (χ2n) is 3.65. The van der Waals surface area contributed by atoms with Crippen LogP contribution < -0.4 is 5.73 Å². The first-order valence-electron chi connectivity index (χ1n) is 4.66. The molecule has 0 radical (unpaired) electrons. The summed E-state index contributed by atoms with van der Waals surface area (Å²) in [7, 11) is 1.74. The normalized spacial score (nSPS) is 10.0. The molecule has 5 nitrogen and oxygen atoms in total. The average Bonchev–Trinajstić information content (AvgIpc) is 2.50. The van der Waals surface area contributed by atoms with Crippen molar-refractivity contribution in [1.29, 1.82) is 0 Å². The van der Waals surface area contributed by atoms with Gasteiger partial charge in [-0.15, -0.1) is 0 Å². The third-order valence-electron chi connectivity index (χ3n) is 1.89. The molecule has 0 unspecified atom stereocenters. The smallest absolute Gasteiger partial charge is 0.244 e. The number of nitrogens with two attached hydrogens (primary N) is 1. The molecule has 0 aromatic carbocycles.